The number of hydrogen-bond acceptors (Lipinski definition) is 9. The first-order valence-electron chi connectivity index (χ1n) is 12.6. The Morgan fingerprint density at radius 1 is 0.972 bits per heavy atom. The van der Waals surface area contributed by atoms with E-state index in [4.69, 9.17) is 4.52 Å². The van der Waals surface area contributed by atoms with E-state index in [1.807, 2.05) is 42.5 Å². The monoisotopic (exact) mass is 487 g/mol. The molecular formula is C26H33N9O. The summed E-state index contributed by atoms with van der Waals surface area (Å²) in [6.07, 6.45) is 2.44. The summed E-state index contributed by atoms with van der Waals surface area (Å²) < 4.78 is 5.52. The number of likely N-dealkylation sites (N-methyl/N-ethyl adjacent to an activating group) is 1. The Hall–Kier alpha value is -3.92. The lowest BCUT2D eigenvalue weighted by molar-refractivity contribution is 0.316. The van der Waals surface area contributed by atoms with Gasteiger partial charge in [-0.15, -0.1) is 0 Å². The highest BCUT2D eigenvalue weighted by Gasteiger charge is 2.25. The Bertz CT molecular complexity index is 1250. The third-order valence-corrected chi connectivity index (χ3v) is 6.27. The standard InChI is InChI=1S/C26H33N9O/c1-3-35(4-2)13-12-27-23-16-24(29-25-15-21(32-33-25)19-10-11-19)31-26(30-23)28-17-20-14-22(34-36-20)18-8-6-5-7-9-18/h5-9,14-16,19H,3-4,10-13,17H2,1-2H3,(H4,27,28,29,30,31,32,33). The predicted octanol–water partition coefficient (Wildman–Crippen LogP) is 4.84. The maximum Gasteiger partial charge on any atom is 0.227 e. The number of anilines is 4. The molecule has 0 aliphatic heterocycles. The van der Waals surface area contributed by atoms with Gasteiger partial charge in [0.25, 0.3) is 0 Å². The van der Waals surface area contributed by atoms with E-state index in [9.17, 15) is 0 Å². The predicted molar refractivity (Wildman–Crippen MR) is 141 cm³/mol. The van der Waals surface area contributed by atoms with Gasteiger partial charge in [0.2, 0.25) is 5.95 Å². The molecule has 4 aromatic rings. The van der Waals surface area contributed by atoms with Crippen LogP contribution in [0.3, 0.4) is 0 Å². The van der Waals surface area contributed by atoms with Crippen molar-refractivity contribution in [2.24, 2.45) is 0 Å². The second-order valence-corrected chi connectivity index (χ2v) is 8.92. The zero-order valence-corrected chi connectivity index (χ0v) is 20.8. The zero-order chi connectivity index (χ0) is 24.7. The maximum atomic E-state index is 5.52. The Morgan fingerprint density at radius 3 is 2.56 bits per heavy atom. The van der Waals surface area contributed by atoms with Crippen molar-refractivity contribution >= 4 is 23.4 Å². The first-order chi connectivity index (χ1) is 17.7. The molecule has 5 rings (SSSR count). The summed E-state index contributed by atoms with van der Waals surface area (Å²) in [5, 5.41) is 21.7. The Morgan fingerprint density at radius 2 is 1.78 bits per heavy atom. The highest BCUT2D eigenvalue weighted by atomic mass is 16.5. The Labute approximate surface area is 210 Å². The number of aromatic amines is 1. The number of nitrogens with one attached hydrogen (secondary N) is 4. The SMILES string of the molecule is CCN(CC)CCNc1cc(Nc2cc(C3CC3)[nH]n2)nc(NCc2cc(-c3ccccc3)no2)n1. The molecule has 1 aliphatic carbocycles. The van der Waals surface area contributed by atoms with Crippen LogP contribution in [0, 0.1) is 0 Å². The van der Waals surface area contributed by atoms with Gasteiger partial charge in [-0.05, 0) is 25.9 Å². The van der Waals surface area contributed by atoms with Gasteiger partial charge in [0, 0.05) is 48.5 Å². The second kappa shape index (κ2) is 11.2. The van der Waals surface area contributed by atoms with Crippen molar-refractivity contribution in [2.45, 2.75) is 39.2 Å². The van der Waals surface area contributed by atoms with Gasteiger partial charge in [-0.3, -0.25) is 5.10 Å². The average Bonchev–Trinajstić information content (AvgIpc) is 3.46. The van der Waals surface area contributed by atoms with E-state index in [0.29, 0.717) is 30.0 Å². The number of benzene rings is 1. The maximum absolute atomic E-state index is 5.52. The van der Waals surface area contributed by atoms with Crippen LogP contribution in [-0.2, 0) is 6.54 Å². The minimum absolute atomic E-state index is 0.413. The van der Waals surface area contributed by atoms with E-state index in [0.717, 1.165) is 49.1 Å². The van der Waals surface area contributed by atoms with Crippen molar-refractivity contribution in [1.82, 2.24) is 30.2 Å². The summed E-state index contributed by atoms with van der Waals surface area (Å²) in [5.41, 5.74) is 2.98. The average molecular weight is 488 g/mol. The van der Waals surface area contributed by atoms with Crippen LogP contribution in [0.4, 0.5) is 23.4 Å². The molecule has 1 fully saturated rings. The van der Waals surface area contributed by atoms with Gasteiger partial charge in [0.15, 0.2) is 11.6 Å². The molecule has 10 nitrogen and oxygen atoms in total. The molecule has 1 aromatic carbocycles. The minimum Gasteiger partial charge on any atom is -0.369 e. The number of H-pyrrole nitrogens is 1. The summed E-state index contributed by atoms with van der Waals surface area (Å²) >= 11 is 0. The number of aromatic nitrogens is 5. The molecule has 0 bridgehead atoms. The largest absolute Gasteiger partial charge is 0.369 e. The van der Waals surface area contributed by atoms with Gasteiger partial charge in [-0.1, -0.05) is 49.3 Å². The van der Waals surface area contributed by atoms with E-state index < -0.39 is 0 Å². The summed E-state index contributed by atoms with van der Waals surface area (Å²) in [6, 6.07) is 15.8. The molecule has 0 unspecified atom stereocenters. The smallest absolute Gasteiger partial charge is 0.227 e. The Balaban J connectivity index is 1.28. The topological polar surface area (TPSA) is 120 Å². The van der Waals surface area contributed by atoms with Gasteiger partial charge in [0.1, 0.15) is 17.3 Å². The molecule has 3 aromatic heterocycles. The van der Waals surface area contributed by atoms with Gasteiger partial charge in [-0.25, -0.2) is 0 Å². The summed E-state index contributed by atoms with van der Waals surface area (Å²) in [4.78, 5) is 11.7. The van der Waals surface area contributed by atoms with Crippen LogP contribution in [-0.4, -0.2) is 56.4 Å². The number of hydrogen-bond donors (Lipinski definition) is 4. The van der Waals surface area contributed by atoms with Crippen LogP contribution in [0.2, 0.25) is 0 Å². The van der Waals surface area contributed by atoms with Crippen molar-refractivity contribution in [3.05, 3.63) is 60.0 Å². The normalized spacial score (nSPS) is 13.2. The fraction of sp³-hybridized carbons (Fsp3) is 0.385. The van der Waals surface area contributed by atoms with Gasteiger partial charge >= 0.3 is 0 Å². The molecule has 0 atom stereocenters. The molecule has 10 heteroatoms. The van der Waals surface area contributed by atoms with Crippen LogP contribution in [0.1, 0.15) is 44.1 Å². The summed E-state index contributed by atoms with van der Waals surface area (Å²) in [7, 11) is 0. The molecule has 36 heavy (non-hydrogen) atoms. The van der Waals surface area contributed by atoms with Crippen LogP contribution in [0.25, 0.3) is 11.3 Å². The van der Waals surface area contributed by atoms with Crippen LogP contribution in [0.15, 0.2) is 53.1 Å². The molecule has 188 valence electrons. The fourth-order valence-corrected chi connectivity index (χ4v) is 4.01. The molecule has 0 amide bonds. The third-order valence-electron chi connectivity index (χ3n) is 6.27. The highest BCUT2D eigenvalue weighted by molar-refractivity contribution is 5.60. The van der Waals surface area contributed by atoms with Crippen LogP contribution < -0.4 is 16.0 Å². The lowest BCUT2D eigenvalue weighted by Crippen LogP contribution is -2.28. The lowest BCUT2D eigenvalue weighted by atomic mass is 10.1. The van der Waals surface area contributed by atoms with Gasteiger partial charge < -0.3 is 25.4 Å². The van der Waals surface area contributed by atoms with Gasteiger partial charge in [-0.2, -0.15) is 15.1 Å². The number of nitrogens with zero attached hydrogens (tertiary/aromatic N) is 5. The van der Waals surface area contributed by atoms with Crippen molar-refractivity contribution in [2.75, 3.05) is 42.1 Å². The molecule has 1 saturated carbocycles. The van der Waals surface area contributed by atoms with E-state index in [1.54, 1.807) is 0 Å². The van der Waals surface area contributed by atoms with Crippen molar-refractivity contribution < 1.29 is 4.52 Å². The molecule has 3 heterocycles. The van der Waals surface area contributed by atoms with E-state index in [-0.39, 0.29) is 0 Å². The van der Waals surface area contributed by atoms with Crippen molar-refractivity contribution in [3.63, 3.8) is 0 Å². The lowest BCUT2D eigenvalue weighted by Gasteiger charge is -2.18. The number of rotatable bonds is 13. The first kappa shape index (κ1) is 23.8. The van der Waals surface area contributed by atoms with E-state index >= 15 is 0 Å². The van der Waals surface area contributed by atoms with E-state index in [2.05, 4.69) is 66.1 Å². The third kappa shape index (κ3) is 6.19. The van der Waals surface area contributed by atoms with Crippen molar-refractivity contribution in [1.29, 1.82) is 0 Å². The van der Waals surface area contributed by atoms with Crippen LogP contribution >= 0.6 is 0 Å². The molecular weight excluding hydrogens is 454 g/mol. The first-order valence-corrected chi connectivity index (χ1v) is 12.6. The molecule has 0 radical (unpaired) electrons. The zero-order valence-electron chi connectivity index (χ0n) is 20.8. The molecule has 1 aliphatic rings. The second-order valence-electron chi connectivity index (χ2n) is 8.92. The van der Waals surface area contributed by atoms with Gasteiger partial charge in [0.05, 0.1) is 6.54 Å². The Kier molecular flexibility index (Phi) is 7.41. The molecule has 0 spiro atoms. The van der Waals surface area contributed by atoms with Crippen molar-refractivity contribution in [3.8, 4) is 11.3 Å². The molecule has 4 N–H and O–H groups in total. The highest BCUT2D eigenvalue weighted by Crippen LogP contribution is 2.39. The quantitative estimate of drug-likeness (QED) is 0.210. The minimum atomic E-state index is 0.413. The summed E-state index contributed by atoms with van der Waals surface area (Å²) in [6.45, 7) is 8.52. The van der Waals surface area contributed by atoms with E-state index in [1.165, 1.54) is 18.5 Å². The summed E-state index contributed by atoms with van der Waals surface area (Å²) in [5.74, 6) is 3.94. The molecule has 0 saturated heterocycles. The fourth-order valence-electron chi connectivity index (χ4n) is 4.01. The van der Waals surface area contributed by atoms with Crippen LogP contribution in [0.5, 0.6) is 0 Å².